The molecule has 5 nitrogen and oxygen atoms in total. The van der Waals surface area contributed by atoms with Gasteiger partial charge in [-0.3, -0.25) is 0 Å². The average molecular weight is 333 g/mol. The number of benzene rings is 1. The molecule has 1 aliphatic rings. The van der Waals surface area contributed by atoms with Gasteiger partial charge < -0.3 is 10.5 Å². The van der Waals surface area contributed by atoms with Crippen LogP contribution in [0.5, 0.6) is 0 Å². The second kappa shape index (κ2) is 6.12. The Morgan fingerprint density at radius 3 is 2.76 bits per heavy atom. The second-order valence-corrected chi connectivity index (χ2v) is 7.69. The third-order valence-corrected chi connectivity index (χ3v) is 6.16. The van der Waals surface area contributed by atoms with Crippen LogP contribution in [0.4, 0.5) is 5.69 Å². The van der Waals surface area contributed by atoms with Crippen molar-refractivity contribution in [2.45, 2.75) is 44.2 Å². The van der Waals surface area contributed by atoms with Gasteiger partial charge in [0, 0.05) is 12.6 Å². The summed E-state index contributed by atoms with van der Waals surface area (Å²) < 4.78 is 33.0. The summed E-state index contributed by atoms with van der Waals surface area (Å²) >= 11 is 5.95. The monoisotopic (exact) mass is 332 g/mol. The SMILES string of the molecule is CCC1COC(C)CN1S(=O)(=O)c1cc(N)c(Cl)cc1C. The number of halogens is 1. The zero-order valence-corrected chi connectivity index (χ0v) is 14.0. The van der Waals surface area contributed by atoms with E-state index < -0.39 is 10.0 Å². The lowest BCUT2D eigenvalue weighted by Gasteiger charge is -2.37. The lowest BCUT2D eigenvalue weighted by Crippen LogP contribution is -2.51. The van der Waals surface area contributed by atoms with E-state index in [2.05, 4.69) is 0 Å². The van der Waals surface area contributed by atoms with Crippen molar-refractivity contribution >= 4 is 27.3 Å². The van der Waals surface area contributed by atoms with Crippen molar-refractivity contribution in [3.63, 3.8) is 0 Å². The van der Waals surface area contributed by atoms with Gasteiger partial charge >= 0.3 is 0 Å². The largest absolute Gasteiger partial charge is 0.397 e. The number of morpholine rings is 1. The highest BCUT2D eigenvalue weighted by Crippen LogP contribution is 2.30. The van der Waals surface area contributed by atoms with Crippen molar-refractivity contribution in [1.29, 1.82) is 0 Å². The number of nitrogens with two attached hydrogens (primary N) is 1. The quantitative estimate of drug-likeness (QED) is 0.863. The smallest absolute Gasteiger partial charge is 0.243 e. The lowest BCUT2D eigenvalue weighted by molar-refractivity contribution is -0.0230. The van der Waals surface area contributed by atoms with E-state index in [4.69, 9.17) is 22.1 Å². The minimum absolute atomic E-state index is 0.118. The molecule has 7 heteroatoms. The Morgan fingerprint density at radius 2 is 2.14 bits per heavy atom. The molecule has 0 aromatic heterocycles. The van der Waals surface area contributed by atoms with E-state index in [1.165, 1.54) is 10.4 Å². The number of hydrogen-bond acceptors (Lipinski definition) is 4. The van der Waals surface area contributed by atoms with Crippen molar-refractivity contribution in [3.8, 4) is 0 Å². The standard InChI is InChI=1S/C14H21ClN2O3S/c1-4-11-8-20-10(3)7-17(11)21(18,19)14-6-13(16)12(15)5-9(14)2/h5-6,10-11H,4,7-8,16H2,1-3H3. The molecule has 1 aromatic carbocycles. The highest BCUT2D eigenvalue weighted by atomic mass is 35.5. The number of anilines is 1. The van der Waals surface area contributed by atoms with E-state index in [0.29, 0.717) is 30.2 Å². The van der Waals surface area contributed by atoms with Crippen LogP contribution >= 0.6 is 11.6 Å². The summed E-state index contributed by atoms with van der Waals surface area (Å²) in [5.74, 6) is 0. The van der Waals surface area contributed by atoms with Gasteiger partial charge in [-0.15, -0.1) is 0 Å². The number of rotatable bonds is 3. The predicted molar refractivity (Wildman–Crippen MR) is 84.0 cm³/mol. The summed E-state index contributed by atoms with van der Waals surface area (Å²) in [5.41, 5.74) is 6.64. The van der Waals surface area contributed by atoms with Crippen LogP contribution in [0.25, 0.3) is 0 Å². The minimum atomic E-state index is -3.61. The van der Waals surface area contributed by atoms with Crippen LogP contribution in [0.1, 0.15) is 25.8 Å². The molecule has 2 rings (SSSR count). The number of hydrogen-bond donors (Lipinski definition) is 1. The van der Waals surface area contributed by atoms with E-state index in [1.54, 1.807) is 13.0 Å². The Kier molecular flexibility index (Phi) is 4.82. The van der Waals surface area contributed by atoms with Gasteiger partial charge in [-0.05, 0) is 38.0 Å². The molecule has 1 fully saturated rings. The summed E-state index contributed by atoms with van der Waals surface area (Å²) in [5, 5.41) is 0.369. The third kappa shape index (κ3) is 3.18. The molecule has 0 saturated carbocycles. The van der Waals surface area contributed by atoms with Crippen molar-refractivity contribution in [1.82, 2.24) is 4.31 Å². The highest BCUT2D eigenvalue weighted by molar-refractivity contribution is 7.89. The van der Waals surface area contributed by atoms with Crippen LogP contribution < -0.4 is 5.73 Å². The highest BCUT2D eigenvalue weighted by Gasteiger charge is 2.36. The fourth-order valence-electron chi connectivity index (χ4n) is 2.50. The molecule has 0 bridgehead atoms. The molecule has 1 aliphatic heterocycles. The number of ether oxygens (including phenoxy) is 1. The van der Waals surface area contributed by atoms with Crippen molar-refractivity contribution in [2.24, 2.45) is 0 Å². The van der Waals surface area contributed by atoms with Gasteiger partial charge in [-0.2, -0.15) is 4.31 Å². The van der Waals surface area contributed by atoms with Gasteiger partial charge in [-0.1, -0.05) is 18.5 Å². The molecule has 2 unspecified atom stereocenters. The Hall–Kier alpha value is -0.820. The van der Waals surface area contributed by atoms with Gasteiger partial charge in [0.05, 0.1) is 28.3 Å². The number of sulfonamides is 1. The lowest BCUT2D eigenvalue weighted by atomic mass is 10.2. The fraction of sp³-hybridized carbons (Fsp3) is 0.571. The second-order valence-electron chi connectivity index (χ2n) is 5.42. The van der Waals surface area contributed by atoms with Crippen molar-refractivity contribution in [2.75, 3.05) is 18.9 Å². The van der Waals surface area contributed by atoms with Crippen LogP contribution in [0.3, 0.4) is 0 Å². The summed E-state index contributed by atoms with van der Waals surface area (Å²) in [6, 6.07) is 2.89. The molecular weight excluding hydrogens is 312 g/mol. The molecular formula is C14H21ClN2O3S. The molecule has 0 radical (unpaired) electrons. The maximum atomic E-state index is 13.0. The normalized spacial score (nSPS) is 24.2. The van der Waals surface area contributed by atoms with Gasteiger partial charge in [0.2, 0.25) is 10.0 Å². The molecule has 1 saturated heterocycles. The van der Waals surface area contributed by atoms with E-state index >= 15 is 0 Å². The zero-order chi connectivity index (χ0) is 15.8. The van der Waals surface area contributed by atoms with Crippen LogP contribution in [0.15, 0.2) is 17.0 Å². The van der Waals surface area contributed by atoms with Gasteiger partial charge in [0.15, 0.2) is 0 Å². The molecule has 1 aromatic rings. The maximum Gasteiger partial charge on any atom is 0.243 e. The van der Waals surface area contributed by atoms with E-state index in [-0.39, 0.29) is 22.7 Å². The number of nitrogens with zero attached hydrogens (tertiary/aromatic N) is 1. The van der Waals surface area contributed by atoms with E-state index in [0.717, 1.165) is 0 Å². The predicted octanol–water partition coefficient (Wildman–Crippen LogP) is 2.42. The Bertz CT molecular complexity index is 633. The molecule has 1 heterocycles. The van der Waals surface area contributed by atoms with E-state index in [1.807, 2.05) is 13.8 Å². The van der Waals surface area contributed by atoms with Crippen molar-refractivity contribution in [3.05, 3.63) is 22.7 Å². The molecule has 0 spiro atoms. The molecule has 2 atom stereocenters. The Morgan fingerprint density at radius 1 is 1.48 bits per heavy atom. The Balaban J connectivity index is 2.47. The third-order valence-electron chi connectivity index (χ3n) is 3.77. The fourth-order valence-corrected chi connectivity index (χ4v) is 4.72. The van der Waals surface area contributed by atoms with Crippen LogP contribution in [0.2, 0.25) is 5.02 Å². The summed E-state index contributed by atoms with van der Waals surface area (Å²) in [4.78, 5) is 0.219. The summed E-state index contributed by atoms with van der Waals surface area (Å²) in [6.07, 6.45) is 0.584. The topological polar surface area (TPSA) is 72.6 Å². The number of nitrogen functional groups attached to an aromatic ring is 1. The van der Waals surface area contributed by atoms with Crippen LogP contribution in [-0.4, -0.2) is 38.0 Å². The summed E-state index contributed by atoms with van der Waals surface area (Å²) in [6.45, 7) is 6.32. The first-order valence-corrected chi connectivity index (χ1v) is 8.78. The summed E-state index contributed by atoms with van der Waals surface area (Å²) in [7, 11) is -3.61. The van der Waals surface area contributed by atoms with Gasteiger partial charge in [0.25, 0.3) is 0 Å². The van der Waals surface area contributed by atoms with Gasteiger partial charge in [-0.25, -0.2) is 8.42 Å². The first-order chi connectivity index (χ1) is 9.77. The first-order valence-electron chi connectivity index (χ1n) is 6.96. The van der Waals surface area contributed by atoms with Crippen molar-refractivity contribution < 1.29 is 13.2 Å². The first kappa shape index (κ1) is 16.5. The molecule has 21 heavy (non-hydrogen) atoms. The average Bonchev–Trinajstić information content (AvgIpc) is 2.42. The molecule has 0 amide bonds. The molecule has 0 aliphatic carbocycles. The van der Waals surface area contributed by atoms with Crippen LogP contribution in [-0.2, 0) is 14.8 Å². The van der Waals surface area contributed by atoms with Gasteiger partial charge in [0.1, 0.15) is 0 Å². The zero-order valence-electron chi connectivity index (χ0n) is 12.5. The maximum absolute atomic E-state index is 13.0. The Labute approximate surface area is 131 Å². The molecule has 2 N–H and O–H groups in total. The van der Waals surface area contributed by atoms with E-state index in [9.17, 15) is 8.42 Å². The van der Waals surface area contributed by atoms with Crippen LogP contribution in [0, 0.1) is 6.92 Å². The number of aryl methyl sites for hydroxylation is 1. The minimum Gasteiger partial charge on any atom is -0.397 e. The molecule has 118 valence electrons.